The molecule has 23 heavy (non-hydrogen) atoms. The van der Waals surface area contributed by atoms with Gasteiger partial charge in [0, 0.05) is 17.0 Å². The molecule has 0 saturated carbocycles. The van der Waals surface area contributed by atoms with E-state index in [1.54, 1.807) is 6.07 Å². The van der Waals surface area contributed by atoms with Gasteiger partial charge in [0.15, 0.2) is 0 Å². The van der Waals surface area contributed by atoms with Crippen LogP contribution in [0.15, 0.2) is 58.1 Å². The molecule has 0 unspecified atom stereocenters. The van der Waals surface area contributed by atoms with Crippen molar-refractivity contribution in [1.29, 1.82) is 0 Å². The lowest BCUT2D eigenvalue weighted by atomic mass is 9.86. The Morgan fingerprint density at radius 2 is 1.65 bits per heavy atom. The second kappa shape index (κ2) is 5.58. The van der Waals surface area contributed by atoms with Gasteiger partial charge >= 0.3 is 0 Å². The average Bonchev–Trinajstić information content (AvgIpc) is 2.53. The molecule has 0 bridgehead atoms. The molecular weight excluding hydrogens is 286 g/mol. The molecule has 0 fully saturated rings. The average molecular weight is 307 g/mol. The van der Waals surface area contributed by atoms with E-state index in [9.17, 15) is 5.21 Å². The van der Waals surface area contributed by atoms with Crippen LogP contribution in [-0.4, -0.2) is 5.21 Å². The van der Waals surface area contributed by atoms with E-state index in [1.165, 1.54) is 5.56 Å². The minimum Gasteiger partial charge on any atom is -0.456 e. The Kier molecular flexibility index (Phi) is 3.72. The monoisotopic (exact) mass is 307 g/mol. The Bertz CT molecular complexity index is 913. The summed E-state index contributed by atoms with van der Waals surface area (Å²) in [5, 5.41) is 14.1. The summed E-state index contributed by atoms with van der Waals surface area (Å²) < 4.78 is 6.00. The third-order valence-electron chi connectivity index (χ3n) is 4.04. The molecule has 2 aromatic carbocycles. The number of fused-ring (bicyclic) bond motifs is 1. The van der Waals surface area contributed by atoms with E-state index in [1.807, 2.05) is 37.3 Å². The molecular formula is C20H21NO2. The quantitative estimate of drug-likeness (QED) is 0.508. The van der Waals surface area contributed by atoms with Crippen LogP contribution in [0.5, 0.6) is 0 Å². The summed E-state index contributed by atoms with van der Waals surface area (Å²) in [4.78, 5) is 0. The van der Waals surface area contributed by atoms with Gasteiger partial charge in [-0.3, -0.25) is 0 Å². The number of hydrogen-bond acceptors (Lipinski definition) is 3. The molecule has 0 spiro atoms. The van der Waals surface area contributed by atoms with Crippen LogP contribution in [-0.2, 0) is 5.41 Å². The maximum Gasteiger partial charge on any atom is 0.137 e. The van der Waals surface area contributed by atoms with Crippen LogP contribution >= 0.6 is 0 Å². The molecule has 3 nitrogen and oxygen atoms in total. The molecule has 0 aliphatic heterocycles. The maximum atomic E-state index is 9.33. The highest BCUT2D eigenvalue weighted by Crippen LogP contribution is 2.27. The van der Waals surface area contributed by atoms with Crippen molar-refractivity contribution < 1.29 is 9.62 Å². The van der Waals surface area contributed by atoms with Crippen LogP contribution in [0, 0.1) is 6.92 Å². The minimum atomic E-state index is 0.113. The Hall–Kier alpha value is -2.55. The predicted octanol–water partition coefficient (Wildman–Crippen LogP) is 5.00. The van der Waals surface area contributed by atoms with Gasteiger partial charge in [0.1, 0.15) is 16.7 Å². The predicted molar refractivity (Wildman–Crippen MR) is 92.4 cm³/mol. The van der Waals surface area contributed by atoms with E-state index in [0.29, 0.717) is 16.7 Å². The minimum absolute atomic E-state index is 0.113. The molecule has 1 aromatic heterocycles. The first-order valence-corrected chi connectivity index (χ1v) is 7.72. The summed E-state index contributed by atoms with van der Waals surface area (Å²) >= 11 is 0. The van der Waals surface area contributed by atoms with Crippen LogP contribution in [0.3, 0.4) is 0 Å². The fraction of sp³-hybridized carbons (Fsp3) is 0.250. The highest BCUT2D eigenvalue weighted by molar-refractivity contribution is 5.79. The van der Waals surface area contributed by atoms with Gasteiger partial charge in [0.05, 0.1) is 0 Å². The van der Waals surface area contributed by atoms with Crippen molar-refractivity contribution in [3.8, 4) is 11.3 Å². The highest BCUT2D eigenvalue weighted by atomic mass is 16.4. The fourth-order valence-electron chi connectivity index (χ4n) is 2.64. The second-order valence-electron chi connectivity index (χ2n) is 6.92. The van der Waals surface area contributed by atoms with Crippen LogP contribution in [0.1, 0.15) is 31.9 Å². The molecule has 1 N–H and O–H groups in total. The van der Waals surface area contributed by atoms with Gasteiger partial charge < -0.3 is 9.62 Å². The molecule has 0 radical (unpaired) electrons. The van der Waals surface area contributed by atoms with E-state index in [-0.39, 0.29) is 5.41 Å². The van der Waals surface area contributed by atoms with E-state index in [2.05, 4.69) is 38.1 Å². The molecule has 0 aliphatic carbocycles. The molecule has 3 heteroatoms. The van der Waals surface area contributed by atoms with Gasteiger partial charge in [-0.15, -0.1) is 0 Å². The standard InChI is InChI=1S/C20H21NO2/c1-13-5-10-18-16(11-13)17(21-22)12-19(23-18)14-6-8-15(9-7-14)20(2,3)4/h5-12,22H,1-4H3/b21-17-. The molecule has 3 aromatic rings. The zero-order valence-corrected chi connectivity index (χ0v) is 13.9. The Labute approximate surface area is 135 Å². The number of hydrogen-bond donors (Lipinski definition) is 1. The number of nitrogens with zero attached hydrogens (tertiary/aromatic N) is 1. The van der Waals surface area contributed by atoms with Gasteiger partial charge in [0.2, 0.25) is 0 Å². The summed E-state index contributed by atoms with van der Waals surface area (Å²) in [6.07, 6.45) is 0. The van der Waals surface area contributed by atoms with Gasteiger partial charge in [-0.1, -0.05) is 61.8 Å². The van der Waals surface area contributed by atoms with Crippen LogP contribution in [0.4, 0.5) is 0 Å². The van der Waals surface area contributed by atoms with Crippen LogP contribution < -0.4 is 5.36 Å². The van der Waals surface area contributed by atoms with Gasteiger partial charge in [-0.05, 0) is 30.0 Å². The van der Waals surface area contributed by atoms with Gasteiger partial charge in [0.25, 0.3) is 0 Å². The third kappa shape index (κ3) is 3.00. The fourth-order valence-corrected chi connectivity index (χ4v) is 2.64. The third-order valence-corrected chi connectivity index (χ3v) is 4.04. The summed E-state index contributed by atoms with van der Waals surface area (Å²) in [6, 6.07) is 15.9. The van der Waals surface area contributed by atoms with Crippen LogP contribution in [0.2, 0.25) is 0 Å². The van der Waals surface area contributed by atoms with Crippen molar-refractivity contribution in [3.05, 3.63) is 65.0 Å². The summed E-state index contributed by atoms with van der Waals surface area (Å²) in [5.41, 5.74) is 4.15. The summed E-state index contributed by atoms with van der Waals surface area (Å²) in [5.74, 6) is 0.689. The van der Waals surface area contributed by atoms with E-state index >= 15 is 0 Å². The lowest BCUT2D eigenvalue weighted by Crippen LogP contribution is -2.10. The maximum absolute atomic E-state index is 9.33. The first kappa shape index (κ1) is 15.3. The van der Waals surface area contributed by atoms with E-state index < -0.39 is 0 Å². The zero-order valence-electron chi connectivity index (χ0n) is 13.9. The summed E-state index contributed by atoms with van der Waals surface area (Å²) in [6.45, 7) is 8.56. The van der Waals surface area contributed by atoms with E-state index in [4.69, 9.17) is 4.42 Å². The van der Waals surface area contributed by atoms with Crippen molar-refractivity contribution in [1.82, 2.24) is 0 Å². The number of aryl methyl sites for hydroxylation is 1. The number of rotatable bonds is 1. The van der Waals surface area contributed by atoms with Crippen molar-refractivity contribution >= 4 is 11.0 Å². The normalized spacial score (nSPS) is 12.8. The number of benzene rings is 2. The lowest BCUT2D eigenvalue weighted by molar-refractivity contribution is 0.302. The Morgan fingerprint density at radius 3 is 2.26 bits per heavy atom. The SMILES string of the molecule is Cc1ccc2oc(-c3ccc(C(C)(C)C)cc3)c/c(=N/O)c2c1. The lowest BCUT2D eigenvalue weighted by Gasteiger charge is -2.19. The first-order valence-electron chi connectivity index (χ1n) is 7.72. The molecule has 0 atom stereocenters. The molecule has 3 rings (SSSR count). The second-order valence-corrected chi connectivity index (χ2v) is 6.92. The van der Waals surface area contributed by atoms with Crippen molar-refractivity contribution in [3.63, 3.8) is 0 Å². The highest BCUT2D eigenvalue weighted by Gasteiger charge is 2.14. The smallest absolute Gasteiger partial charge is 0.137 e. The molecule has 118 valence electrons. The summed E-state index contributed by atoms with van der Waals surface area (Å²) in [7, 11) is 0. The van der Waals surface area contributed by atoms with Crippen molar-refractivity contribution in [2.45, 2.75) is 33.1 Å². The van der Waals surface area contributed by atoms with Gasteiger partial charge in [-0.25, -0.2) is 0 Å². The molecule has 0 amide bonds. The van der Waals surface area contributed by atoms with Gasteiger partial charge in [-0.2, -0.15) is 0 Å². The molecule has 1 heterocycles. The van der Waals surface area contributed by atoms with E-state index in [0.717, 1.165) is 16.5 Å². The molecule has 0 saturated heterocycles. The Balaban J connectivity index is 2.15. The Morgan fingerprint density at radius 1 is 0.957 bits per heavy atom. The first-order chi connectivity index (χ1) is 10.9. The largest absolute Gasteiger partial charge is 0.456 e. The zero-order chi connectivity index (χ0) is 16.6. The topological polar surface area (TPSA) is 45.7 Å². The molecule has 0 aliphatic rings. The van der Waals surface area contributed by atoms with Crippen LogP contribution in [0.25, 0.3) is 22.3 Å². The van der Waals surface area contributed by atoms with Crippen molar-refractivity contribution in [2.24, 2.45) is 5.16 Å². The van der Waals surface area contributed by atoms with Crippen molar-refractivity contribution in [2.75, 3.05) is 0 Å².